The van der Waals surface area contributed by atoms with E-state index in [4.69, 9.17) is 4.74 Å². The molecule has 114 valence electrons. The average molecular weight is 281 g/mol. The molecule has 1 rings (SSSR count). The Labute approximate surface area is 122 Å². The molecule has 2 unspecified atom stereocenters. The van der Waals surface area contributed by atoms with Crippen molar-refractivity contribution >= 4 is 0 Å². The summed E-state index contributed by atoms with van der Waals surface area (Å²) in [6.45, 7) is 12.0. The van der Waals surface area contributed by atoms with E-state index in [-0.39, 0.29) is 18.0 Å². The van der Waals surface area contributed by atoms with Gasteiger partial charge in [-0.2, -0.15) is 0 Å². The lowest BCUT2D eigenvalue weighted by atomic mass is 9.90. The second kappa shape index (κ2) is 8.38. The van der Waals surface area contributed by atoms with Gasteiger partial charge < -0.3 is 10.1 Å². The predicted octanol–water partition coefficient (Wildman–Crippen LogP) is 4.24. The van der Waals surface area contributed by atoms with Crippen molar-refractivity contribution in [2.75, 3.05) is 13.2 Å². The molecule has 0 heterocycles. The number of halogens is 1. The molecule has 0 saturated carbocycles. The van der Waals surface area contributed by atoms with Crippen molar-refractivity contribution in [1.29, 1.82) is 0 Å². The highest BCUT2D eigenvalue weighted by Crippen LogP contribution is 2.28. The molecule has 2 nitrogen and oxygen atoms in total. The van der Waals surface area contributed by atoms with E-state index in [0.717, 1.165) is 24.1 Å². The Kier molecular flexibility index (Phi) is 7.17. The van der Waals surface area contributed by atoms with Gasteiger partial charge in [-0.1, -0.05) is 26.8 Å². The van der Waals surface area contributed by atoms with Gasteiger partial charge in [-0.05, 0) is 56.0 Å². The van der Waals surface area contributed by atoms with Crippen LogP contribution in [0.3, 0.4) is 0 Å². The normalized spacial score (nSPS) is 14.6. The number of aryl methyl sites for hydroxylation is 1. The smallest absolute Gasteiger partial charge is 0.123 e. The van der Waals surface area contributed by atoms with E-state index in [1.165, 1.54) is 6.07 Å². The third kappa shape index (κ3) is 4.57. The maximum atomic E-state index is 13.6. The molecule has 0 saturated heterocycles. The van der Waals surface area contributed by atoms with Crippen LogP contribution in [-0.2, 0) is 4.74 Å². The topological polar surface area (TPSA) is 21.3 Å². The second-order valence-electron chi connectivity index (χ2n) is 5.60. The monoisotopic (exact) mass is 281 g/mol. The van der Waals surface area contributed by atoms with E-state index in [1.807, 2.05) is 19.9 Å². The summed E-state index contributed by atoms with van der Waals surface area (Å²) in [5, 5.41) is 3.53. The summed E-state index contributed by atoms with van der Waals surface area (Å²) in [6.07, 6.45) is 1.09. The zero-order chi connectivity index (χ0) is 15.1. The first-order chi connectivity index (χ1) is 9.51. The molecule has 0 aliphatic rings. The van der Waals surface area contributed by atoms with E-state index in [0.29, 0.717) is 12.5 Å². The second-order valence-corrected chi connectivity index (χ2v) is 5.60. The SMILES string of the molecule is CCCNC(c1cc(F)ccc1C)C(OCC)C(C)C. The fraction of sp³-hybridized carbons (Fsp3) is 0.647. The van der Waals surface area contributed by atoms with Crippen molar-refractivity contribution in [2.24, 2.45) is 5.92 Å². The van der Waals surface area contributed by atoms with Crippen LogP contribution < -0.4 is 5.32 Å². The van der Waals surface area contributed by atoms with E-state index < -0.39 is 0 Å². The van der Waals surface area contributed by atoms with Gasteiger partial charge >= 0.3 is 0 Å². The van der Waals surface area contributed by atoms with E-state index in [9.17, 15) is 4.39 Å². The summed E-state index contributed by atoms with van der Waals surface area (Å²) in [6, 6.07) is 5.03. The Morgan fingerprint density at radius 3 is 2.50 bits per heavy atom. The fourth-order valence-corrected chi connectivity index (χ4v) is 2.52. The first-order valence-corrected chi connectivity index (χ1v) is 7.62. The van der Waals surface area contributed by atoms with Crippen LogP contribution in [0.5, 0.6) is 0 Å². The van der Waals surface area contributed by atoms with Crippen LogP contribution in [-0.4, -0.2) is 19.3 Å². The summed E-state index contributed by atoms with van der Waals surface area (Å²) in [7, 11) is 0. The summed E-state index contributed by atoms with van der Waals surface area (Å²) >= 11 is 0. The molecule has 0 fully saturated rings. The van der Waals surface area contributed by atoms with Gasteiger partial charge in [0.25, 0.3) is 0 Å². The van der Waals surface area contributed by atoms with Crippen LogP contribution in [0.4, 0.5) is 4.39 Å². The van der Waals surface area contributed by atoms with Gasteiger partial charge in [0.2, 0.25) is 0 Å². The third-order valence-corrected chi connectivity index (χ3v) is 3.54. The molecule has 1 aromatic carbocycles. The van der Waals surface area contributed by atoms with Crippen molar-refractivity contribution in [3.8, 4) is 0 Å². The van der Waals surface area contributed by atoms with Gasteiger partial charge in [0, 0.05) is 6.61 Å². The molecule has 2 atom stereocenters. The van der Waals surface area contributed by atoms with Crippen LogP contribution >= 0.6 is 0 Å². The molecule has 0 aromatic heterocycles. The lowest BCUT2D eigenvalue weighted by molar-refractivity contribution is 0.00263. The minimum absolute atomic E-state index is 0.0330. The molecule has 0 bridgehead atoms. The van der Waals surface area contributed by atoms with Crippen molar-refractivity contribution in [1.82, 2.24) is 5.32 Å². The maximum Gasteiger partial charge on any atom is 0.123 e. The Bertz CT molecular complexity index is 406. The standard InChI is InChI=1S/C17H28FNO/c1-6-10-19-16(17(12(3)4)20-7-2)15-11-14(18)9-8-13(15)5/h8-9,11-12,16-17,19H,6-7,10H2,1-5H3. The number of benzene rings is 1. The Balaban J connectivity index is 3.11. The highest BCUT2D eigenvalue weighted by atomic mass is 19.1. The van der Waals surface area contributed by atoms with Crippen molar-refractivity contribution < 1.29 is 9.13 Å². The number of ether oxygens (including phenoxy) is 1. The minimum Gasteiger partial charge on any atom is -0.376 e. The zero-order valence-corrected chi connectivity index (χ0v) is 13.4. The van der Waals surface area contributed by atoms with Crippen LogP contribution in [0.25, 0.3) is 0 Å². The largest absolute Gasteiger partial charge is 0.376 e. The molecule has 0 aliphatic heterocycles. The summed E-state index contributed by atoms with van der Waals surface area (Å²) in [5.41, 5.74) is 2.11. The summed E-state index contributed by atoms with van der Waals surface area (Å²) in [5.74, 6) is 0.180. The number of rotatable bonds is 8. The maximum absolute atomic E-state index is 13.6. The quantitative estimate of drug-likeness (QED) is 0.769. The Morgan fingerprint density at radius 1 is 1.25 bits per heavy atom. The lowest BCUT2D eigenvalue weighted by Crippen LogP contribution is -2.38. The van der Waals surface area contributed by atoms with Gasteiger partial charge in [0.15, 0.2) is 0 Å². The molecular formula is C17H28FNO. The number of nitrogens with one attached hydrogen (secondary N) is 1. The molecule has 20 heavy (non-hydrogen) atoms. The van der Waals surface area contributed by atoms with E-state index >= 15 is 0 Å². The Morgan fingerprint density at radius 2 is 1.95 bits per heavy atom. The van der Waals surface area contributed by atoms with Crippen molar-refractivity contribution in [2.45, 2.75) is 53.2 Å². The van der Waals surface area contributed by atoms with E-state index in [2.05, 4.69) is 26.1 Å². The molecular weight excluding hydrogens is 253 g/mol. The minimum atomic E-state index is -0.187. The molecule has 0 radical (unpaired) electrons. The summed E-state index contributed by atoms with van der Waals surface area (Å²) < 4.78 is 19.5. The highest BCUT2D eigenvalue weighted by molar-refractivity contribution is 5.30. The van der Waals surface area contributed by atoms with Crippen LogP contribution in [0.2, 0.25) is 0 Å². The van der Waals surface area contributed by atoms with Gasteiger partial charge in [0.05, 0.1) is 12.1 Å². The molecule has 3 heteroatoms. The molecule has 1 aromatic rings. The third-order valence-electron chi connectivity index (χ3n) is 3.54. The van der Waals surface area contributed by atoms with Crippen LogP contribution in [0, 0.1) is 18.7 Å². The number of hydrogen-bond acceptors (Lipinski definition) is 2. The van der Waals surface area contributed by atoms with Crippen molar-refractivity contribution in [3.63, 3.8) is 0 Å². The van der Waals surface area contributed by atoms with Crippen LogP contribution in [0.15, 0.2) is 18.2 Å². The number of hydrogen-bond donors (Lipinski definition) is 1. The molecule has 0 amide bonds. The fourth-order valence-electron chi connectivity index (χ4n) is 2.52. The van der Waals surface area contributed by atoms with Crippen LogP contribution in [0.1, 0.15) is 51.3 Å². The van der Waals surface area contributed by atoms with E-state index in [1.54, 1.807) is 6.07 Å². The molecule has 0 aliphatic carbocycles. The molecule has 0 spiro atoms. The predicted molar refractivity (Wildman–Crippen MR) is 82.4 cm³/mol. The van der Waals surface area contributed by atoms with Gasteiger partial charge in [-0.25, -0.2) is 4.39 Å². The average Bonchev–Trinajstić information content (AvgIpc) is 2.41. The van der Waals surface area contributed by atoms with Gasteiger partial charge in [-0.15, -0.1) is 0 Å². The highest BCUT2D eigenvalue weighted by Gasteiger charge is 2.27. The first-order valence-electron chi connectivity index (χ1n) is 7.62. The zero-order valence-electron chi connectivity index (χ0n) is 13.4. The Hall–Kier alpha value is -0.930. The lowest BCUT2D eigenvalue weighted by Gasteiger charge is -2.32. The van der Waals surface area contributed by atoms with Crippen molar-refractivity contribution in [3.05, 3.63) is 35.1 Å². The first kappa shape index (κ1) is 17.1. The van der Waals surface area contributed by atoms with Gasteiger partial charge in [-0.3, -0.25) is 0 Å². The molecule has 1 N–H and O–H groups in total. The summed E-state index contributed by atoms with van der Waals surface area (Å²) in [4.78, 5) is 0. The van der Waals surface area contributed by atoms with Gasteiger partial charge in [0.1, 0.15) is 5.82 Å².